The zero-order valence-electron chi connectivity index (χ0n) is 26.6. The number of benzene rings is 10. The van der Waals surface area contributed by atoms with Crippen LogP contribution >= 0.6 is 0 Å². The van der Waals surface area contributed by atoms with Crippen molar-refractivity contribution in [2.24, 2.45) is 0 Å². The molecule has 49 heavy (non-hydrogen) atoms. The molecule has 11 aromatic rings. The summed E-state index contributed by atoms with van der Waals surface area (Å²) in [4.78, 5) is 0. The Morgan fingerprint density at radius 1 is 0.286 bits per heavy atom. The molecule has 0 fully saturated rings. The van der Waals surface area contributed by atoms with Crippen molar-refractivity contribution in [2.75, 3.05) is 0 Å². The first-order valence-electron chi connectivity index (χ1n) is 16.9. The van der Waals surface area contributed by atoms with Gasteiger partial charge in [-0.1, -0.05) is 133 Å². The summed E-state index contributed by atoms with van der Waals surface area (Å²) in [7, 11) is 0. The Balaban J connectivity index is 1.27. The third-order valence-electron chi connectivity index (χ3n) is 10.6. The van der Waals surface area contributed by atoms with Crippen molar-refractivity contribution in [2.45, 2.75) is 0 Å². The van der Waals surface area contributed by atoms with Gasteiger partial charge in [-0.3, -0.25) is 0 Å². The average Bonchev–Trinajstić information content (AvgIpc) is 3.55. The lowest BCUT2D eigenvalue weighted by Crippen LogP contribution is -1.93. The Labute approximate surface area is 282 Å². The van der Waals surface area contributed by atoms with Crippen LogP contribution in [0.25, 0.3) is 109 Å². The molecule has 1 heteroatoms. The van der Waals surface area contributed by atoms with E-state index in [2.05, 4.69) is 170 Å². The van der Waals surface area contributed by atoms with Gasteiger partial charge in [-0.2, -0.15) is 0 Å². The highest BCUT2D eigenvalue weighted by Gasteiger charge is 2.22. The largest absolute Gasteiger partial charge is 0.456 e. The maximum absolute atomic E-state index is 6.37. The van der Waals surface area contributed by atoms with E-state index in [9.17, 15) is 0 Å². The molecule has 0 atom stereocenters. The molecule has 0 aliphatic carbocycles. The zero-order valence-corrected chi connectivity index (χ0v) is 26.6. The molecule has 0 spiro atoms. The van der Waals surface area contributed by atoms with Crippen LogP contribution in [0.1, 0.15) is 0 Å². The molecule has 0 saturated heterocycles. The van der Waals surface area contributed by atoms with Gasteiger partial charge in [0.1, 0.15) is 11.2 Å². The van der Waals surface area contributed by atoms with Gasteiger partial charge in [-0.15, -0.1) is 0 Å². The van der Waals surface area contributed by atoms with Gasteiger partial charge in [0, 0.05) is 10.8 Å². The maximum atomic E-state index is 6.37. The summed E-state index contributed by atoms with van der Waals surface area (Å²) < 4.78 is 6.37. The molecule has 10 aromatic carbocycles. The van der Waals surface area contributed by atoms with Crippen LogP contribution in [0.15, 0.2) is 174 Å². The lowest BCUT2D eigenvalue weighted by atomic mass is 9.82. The van der Waals surface area contributed by atoms with E-state index in [0.717, 1.165) is 11.2 Å². The number of hydrogen-bond donors (Lipinski definition) is 0. The Bertz CT molecular complexity index is 3050. The molecule has 0 bridgehead atoms. The lowest BCUT2D eigenvalue weighted by molar-refractivity contribution is 0.669. The van der Waals surface area contributed by atoms with Gasteiger partial charge < -0.3 is 4.42 Å². The lowest BCUT2D eigenvalue weighted by Gasteiger charge is -2.20. The average molecular weight is 621 g/mol. The zero-order chi connectivity index (χ0) is 32.1. The summed E-state index contributed by atoms with van der Waals surface area (Å²) in [5, 5.41) is 14.8. The molecule has 11 rings (SSSR count). The Hall–Kier alpha value is -6.44. The third-order valence-corrected chi connectivity index (χ3v) is 10.6. The Kier molecular flexibility index (Phi) is 5.45. The molecule has 0 amide bonds. The van der Waals surface area contributed by atoms with Crippen LogP contribution in [0.3, 0.4) is 0 Å². The standard InChI is InChI=1S/C48H28O/c1-2-12-30-25-31(24-23-29(30)11-1)34-26-32-13-3-4-15-35(32)41(28-34)46-36-16-5-7-18-38(36)47(39-19-8-6-17-37(39)46)42-27-33-14-9-21-43-45(33)48-40(42)20-10-22-44(48)49-43/h1-28H. The van der Waals surface area contributed by atoms with E-state index in [4.69, 9.17) is 4.42 Å². The van der Waals surface area contributed by atoms with Crippen LogP contribution in [0, 0.1) is 0 Å². The van der Waals surface area contributed by atoms with Gasteiger partial charge in [-0.25, -0.2) is 0 Å². The van der Waals surface area contributed by atoms with Crippen molar-refractivity contribution < 1.29 is 4.42 Å². The summed E-state index contributed by atoms with van der Waals surface area (Å²) in [6.07, 6.45) is 0. The molecule has 0 aliphatic heterocycles. The Morgan fingerprint density at radius 2 is 0.796 bits per heavy atom. The van der Waals surface area contributed by atoms with Crippen LogP contribution < -0.4 is 0 Å². The monoisotopic (exact) mass is 620 g/mol. The second-order valence-corrected chi connectivity index (χ2v) is 13.2. The fourth-order valence-electron chi connectivity index (χ4n) is 8.44. The van der Waals surface area contributed by atoms with E-state index in [-0.39, 0.29) is 0 Å². The highest BCUT2D eigenvalue weighted by Crippen LogP contribution is 2.49. The van der Waals surface area contributed by atoms with Crippen molar-refractivity contribution in [3.8, 4) is 33.4 Å². The van der Waals surface area contributed by atoms with E-state index in [0.29, 0.717) is 0 Å². The van der Waals surface area contributed by atoms with Gasteiger partial charge in [0.15, 0.2) is 0 Å². The summed E-state index contributed by atoms with van der Waals surface area (Å²) in [5.41, 5.74) is 9.35. The predicted octanol–water partition coefficient (Wildman–Crippen LogP) is 13.8. The van der Waals surface area contributed by atoms with Gasteiger partial charge in [0.2, 0.25) is 0 Å². The third kappa shape index (κ3) is 3.82. The second-order valence-electron chi connectivity index (χ2n) is 13.2. The number of furan rings is 1. The van der Waals surface area contributed by atoms with E-state index in [1.165, 1.54) is 98.0 Å². The van der Waals surface area contributed by atoms with E-state index in [1.54, 1.807) is 0 Å². The second kappa shape index (κ2) is 10.0. The molecular weight excluding hydrogens is 593 g/mol. The SMILES string of the molecule is c1ccc2cc(-c3cc(-c4c5ccccc5c(-c5cc6cccc7oc8cccc5c8c67)c5ccccc45)c4ccccc4c3)ccc2c1. The van der Waals surface area contributed by atoms with E-state index in [1.807, 2.05) is 0 Å². The number of hydrogen-bond acceptors (Lipinski definition) is 1. The molecule has 0 unspecified atom stereocenters. The molecular formula is C48H28O. The topological polar surface area (TPSA) is 13.1 Å². The van der Waals surface area contributed by atoms with Gasteiger partial charge >= 0.3 is 0 Å². The van der Waals surface area contributed by atoms with Crippen molar-refractivity contribution >= 4 is 75.8 Å². The van der Waals surface area contributed by atoms with E-state index < -0.39 is 0 Å². The van der Waals surface area contributed by atoms with Crippen LogP contribution in [-0.4, -0.2) is 0 Å². The van der Waals surface area contributed by atoms with Crippen molar-refractivity contribution in [3.63, 3.8) is 0 Å². The highest BCUT2D eigenvalue weighted by atomic mass is 16.3. The first-order valence-corrected chi connectivity index (χ1v) is 16.9. The van der Waals surface area contributed by atoms with Gasteiger partial charge in [0.05, 0.1) is 0 Å². The summed E-state index contributed by atoms with van der Waals surface area (Å²) in [5.74, 6) is 0. The van der Waals surface area contributed by atoms with Crippen LogP contribution in [0.5, 0.6) is 0 Å². The van der Waals surface area contributed by atoms with Crippen molar-refractivity contribution in [3.05, 3.63) is 170 Å². The van der Waals surface area contributed by atoms with Crippen LogP contribution in [0.2, 0.25) is 0 Å². The van der Waals surface area contributed by atoms with Gasteiger partial charge in [-0.05, 0) is 124 Å². The molecule has 0 saturated carbocycles. The number of rotatable bonds is 3. The quantitative estimate of drug-likeness (QED) is 0.141. The first kappa shape index (κ1) is 26.6. The minimum atomic E-state index is 0.938. The summed E-state index contributed by atoms with van der Waals surface area (Å²) in [6, 6.07) is 62.3. The molecule has 1 nitrogen and oxygen atoms in total. The normalized spacial score (nSPS) is 12.1. The predicted molar refractivity (Wildman–Crippen MR) is 209 cm³/mol. The van der Waals surface area contributed by atoms with Crippen LogP contribution in [-0.2, 0) is 0 Å². The summed E-state index contributed by atoms with van der Waals surface area (Å²) >= 11 is 0. The molecule has 226 valence electrons. The number of fused-ring (bicyclic) bond motifs is 4. The van der Waals surface area contributed by atoms with Crippen LogP contribution in [0.4, 0.5) is 0 Å². The highest BCUT2D eigenvalue weighted by molar-refractivity contribution is 6.30. The minimum Gasteiger partial charge on any atom is -0.456 e. The fraction of sp³-hybridized carbons (Fsp3) is 0. The van der Waals surface area contributed by atoms with Crippen molar-refractivity contribution in [1.82, 2.24) is 0 Å². The molecule has 0 N–H and O–H groups in total. The van der Waals surface area contributed by atoms with Gasteiger partial charge in [0.25, 0.3) is 0 Å². The molecule has 1 aromatic heterocycles. The fourth-order valence-corrected chi connectivity index (χ4v) is 8.44. The summed E-state index contributed by atoms with van der Waals surface area (Å²) in [6.45, 7) is 0. The molecule has 0 aliphatic rings. The van der Waals surface area contributed by atoms with Crippen molar-refractivity contribution in [1.29, 1.82) is 0 Å². The molecule has 1 heterocycles. The maximum Gasteiger partial charge on any atom is 0.136 e. The van der Waals surface area contributed by atoms with E-state index >= 15 is 0 Å². The Morgan fingerprint density at radius 3 is 1.51 bits per heavy atom. The first-order chi connectivity index (χ1) is 24.3. The molecule has 0 radical (unpaired) electrons. The smallest absolute Gasteiger partial charge is 0.136 e. The minimum absolute atomic E-state index is 0.938.